The average Bonchev–Trinajstić information content (AvgIpc) is 3.34. The van der Waals surface area contributed by atoms with Gasteiger partial charge in [-0.15, -0.1) is 5.10 Å². The van der Waals surface area contributed by atoms with Crippen LogP contribution in [0.25, 0.3) is 16.7 Å². The number of hydrogen-bond donors (Lipinski definition) is 2. The largest absolute Gasteiger partial charge is 0.358 e. The van der Waals surface area contributed by atoms with Gasteiger partial charge in [-0.25, -0.2) is 4.68 Å². The molecule has 3 unspecified atom stereocenters. The SMILES string of the molecule is C1=C(n2nnc3ccccc32)CCCC1C1=NC(C2CCCCC2)NC(C2CCCCC2)N1. The minimum atomic E-state index is 0.277. The van der Waals surface area contributed by atoms with Gasteiger partial charge in [-0.3, -0.25) is 10.3 Å². The number of nitrogens with one attached hydrogen (secondary N) is 2. The molecule has 6 heteroatoms. The molecule has 1 aliphatic heterocycles. The van der Waals surface area contributed by atoms with E-state index in [-0.39, 0.29) is 6.17 Å². The molecule has 0 radical (unpaired) electrons. The summed E-state index contributed by atoms with van der Waals surface area (Å²) in [5.74, 6) is 2.98. The van der Waals surface area contributed by atoms with Crippen molar-refractivity contribution in [1.29, 1.82) is 0 Å². The van der Waals surface area contributed by atoms with Gasteiger partial charge in [0.05, 0.1) is 11.7 Å². The molecule has 1 aromatic carbocycles. The molecule has 4 aliphatic rings. The highest BCUT2D eigenvalue weighted by Crippen LogP contribution is 2.34. The molecule has 6 rings (SSSR count). The molecular weight excluding hydrogens is 408 g/mol. The van der Waals surface area contributed by atoms with E-state index in [1.54, 1.807) is 0 Å². The van der Waals surface area contributed by atoms with E-state index < -0.39 is 0 Å². The molecule has 1 aromatic heterocycles. The second-order valence-electron chi connectivity index (χ2n) is 10.7. The van der Waals surface area contributed by atoms with E-state index in [0.717, 1.165) is 29.8 Å². The van der Waals surface area contributed by atoms with Crippen LogP contribution < -0.4 is 10.6 Å². The van der Waals surface area contributed by atoms with Crippen LogP contribution in [0.1, 0.15) is 83.5 Å². The van der Waals surface area contributed by atoms with Crippen molar-refractivity contribution < 1.29 is 0 Å². The number of para-hydroxylation sites is 1. The Morgan fingerprint density at radius 2 is 1.58 bits per heavy atom. The van der Waals surface area contributed by atoms with Crippen molar-refractivity contribution in [3.8, 4) is 0 Å². The minimum absolute atomic E-state index is 0.277. The fourth-order valence-corrected chi connectivity index (χ4v) is 6.60. The summed E-state index contributed by atoms with van der Waals surface area (Å²) < 4.78 is 2.06. The van der Waals surface area contributed by atoms with Crippen LogP contribution in [-0.4, -0.2) is 33.2 Å². The van der Waals surface area contributed by atoms with E-state index in [1.165, 1.54) is 82.2 Å². The van der Waals surface area contributed by atoms with Gasteiger partial charge in [-0.05, 0) is 68.9 Å². The normalized spacial score (nSPS) is 30.0. The first-order valence-corrected chi connectivity index (χ1v) is 13.5. The van der Waals surface area contributed by atoms with Crippen molar-refractivity contribution in [2.24, 2.45) is 22.7 Å². The number of nitrogens with zero attached hydrogens (tertiary/aromatic N) is 4. The molecule has 2 heterocycles. The lowest BCUT2D eigenvalue weighted by atomic mass is 9.83. The van der Waals surface area contributed by atoms with Gasteiger partial charge >= 0.3 is 0 Å². The zero-order valence-electron chi connectivity index (χ0n) is 19.8. The number of benzene rings is 1. The minimum Gasteiger partial charge on any atom is -0.358 e. The van der Waals surface area contributed by atoms with Crippen LogP contribution in [-0.2, 0) is 0 Å². The van der Waals surface area contributed by atoms with E-state index in [4.69, 9.17) is 4.99 Å². The zero-order valence-corrected chi connectivity index (χ0v) is 19.8. The highest BCUT2D eigenvalue weighted by molar-refractivity contribution is 5.89. The van der Waals surface area contributed by atoms with E-state index >= 15 is 0 Å². The van der Waals surface area contributed by atoms with Gasteiger partial charge < -0.3 is 5.32 Å². The number of hydrogen-bond acceptors (Lipinski definition) is 5. The second-order valence-corrected chi connectivity index (χ2v) is 10.7. The molecule has 0 amide bonds. The van der Waals surface area contributed by atoms with Crippen LogP contribution in [0.3, 0.4) is 0 Å². The van der Waals surface area contributed by atoms with Crippen LogP contribution >= 0.6 is 0 Å². The van der Waals surface area contributed by atoms with E-state index in [2.05, 4.69) is 43.8 Å². The Morgan fingerprint density at radius 1 is 0.818 bits per heavy atom. The van der Waals surface area contributed by atoms with Gasteiger partial charge in [0.2, 0.25) is 0 Å². The van der Waals surface area contributed by atoms with Crippen molar-refractivity contribution in [1.82, 2.24) is 25.6 Å². The molecule has 2 N–H and O–H groups in total. The molecule has 2 fully saturated rings. The predicted molar refractivity (Wildman–Crippen MR) is 134 cm³/mol. The predicted octanol–water partition coefficient (Wildman–Crippen LogP) is 5.48. The average molecular weight is 447 g/mol. The van der Waals surface area contributed by atoms with Gasteiger partial charge in [-0.1, -0.05) is 61.9 Å². The summed E-state index contributed by atoms with van der Waals surface area (Å²) in [6, 6.07) is 8.27. The van der Waals surface area contributed by atoms with Crippen LogP contribution in [0.4, 0.5) is 0 Å². The van der Waals surface area contributed by atoms with Crippen molar-refractivity contribution in [2.75, 3.05) is 0 Å². The van der Waals surface area contributed by atoms with Crippen LogP contribution in [0, 0.1) is 17.8 Å². The second kappa shape index (κ2) is 9.57. The van der Waals surface area contributed by atoms with Gasteiger partial charge in [0.25, 0.3) is 0 Å². The molecule has 3 aliphatic carbocycles. The smallest absolute Gasteiger partial charge is 0.113 e. The molecule has 33 heavy (non-hydrogen) atoms. The maximum atomic E-state index is 5.36. The Morgan fingerprint density at radius 3 is 2.39 bits per heavy atom. The summed E-state index contributed by atoms with van der Waals surface area (Å²) >= 11 is 0. The quantitative estimate of drug-likeness (QED) is 0.653. The standard InChI is InChI=1S/C27H38N6/c1-3-10-19(11-4-1)25-28-26(20-12-5-2-6-13-20)30-27(29-25)21-14-9-15-22(18-21)33-24-17-8-7-16-23(24)31-32-33/h7-8,16-21,25-26,28H,1-6,9-15H2,(H,29,30). The highest BCUT2D eigenvalue weighted by Gasteiger charge is 2.35. The third kappa shape index (κ3) is 4.46. The maximum absolute atomic E-state index is 5.36. The lowest BCUT2D eigenvalue weighted by Gasteiger charge is -2.42. The molecule has 6 nitrogen and oxygen atoms in total. The third-order valence-electron chi connectivity index (χ3n) is 8.47. The molecule has 2 aromatic rings. The fraction of sp³-hybridized carbons (Fsp3) is 0.667. The molecule has 0 saturated heterocycles. The van der Waals surface area contributed by atoms with Crippen LogP contribution in [0.15, 0.2) is 35.3 Å². The van der Waals surface area contributed by atoms with Crippen molar-refractivity contribution in [3.63, 3.8) is 0 Å². The molecule has 3 atom stereocenters. The lowest BCUT2D eigenvalue weighted by Crippen LogP contribution is -2.60. The summed E-state index contributed by atoms with van der Waals surface area (Å²) in [5, 5.41) is 16.8. The first-order valence-electron chi connectivity index (χ1n) is 13.5. The van der Waals surface area contributed by atoms with Gasteiger partial charge in [0, 0.05) is 11.6 Å². The van der Waals surface area contributed by atoms with Gasteiger partial charge in [0.1, 0.15) is 17.5 Å². The molecule has 0 spiro atoms. The summed E-state index contributed by atoms with van der Waals surface area (Å²) in [5.41, 5.74) is 3.34. The van der Waals surface area contributed by atoms with Crippen molar-refractivity contribution in [2.45, 2.75) is 95.8 Å². The molecule has 0 bridgehead atoms. The van der Waals surface area contributed by atoms with Crippen LogP contribution in [0.5, 0.6) is 0 Å². The molecule has 2 saturated carbocycles. The summed E-state index contributed by atoms with van der Waals surface area (Å²) in [6.07, 6.45) is 20.0. The topological polar surface area (TPSA) is 67.1 Å². The molecule has 176 valence electrons. The van der Waals surface area contributed by atoms with Gasteiger partial charge in [0.15, 0.2) is 0 Å². The number of amidine groups is 1. The summed E-state index contributed by atoms with van der Waals surface area (Å²) in [6.45, 7) is 0. The maximum Gasteiger partial charge on any atom is 0.113 e. The van der Waals surface area contributed by atoms with Crippen molar-refractivity contribution in [3.05, 3.63) is 30.3 Å². The Kier molecular flexibility index (Phi) is 6.19. The zero-order chi connectivity index (χ0) is 22.0. The summed E-state index contributed by atoms with van der Waals surface area (Å²) in [4.78, 5) is 5.36. The van der Waals surface area contributed by atoms with E-state index in [0.29, 0.717) is 18.0 Å². The van der Waals surface area contributed by atoms with Gasteiger partial charge in [-0.2, -0.15) is 0 Å². The first-order chi connectivity index (χ1) is 16.3. The number of aliphatic imine (C=N–C) groups is 1. The van der Waals surface area contributed by atoms with Crippen molar-refractivity contribution >= 4 is 22.6 Å². The highest BCUT2D eigenvalue weighted by atomic mass is 15.4. The first kappa shape index (κ1) is 21.3. The fourth-order valence-electron chi connectivity index (χ4n) is 6.60. The Bertz CT molecular complexity index is 1010. The van der Waals surface area contributed by atoms with E-state index in [9.17, 15) is 0 Å². The monoisotopic (exact) mass is 446 g/mol. The third-order valence-corrected chi connectivity index (χ3v) is 8.47. The Labute approximate surface area is 197 Å². The number of allylic oxidation sites excluding steroid dienone is 1. The van der Waals surface area contributed by atoms with Crippen LogP contribution in [0.2, 0.25) is 0 Å². The van der Waals surface area contributed by atoms with E-state index in [1.807, 2.05) is 12.1 Å². The number of aromatic nitrogens is 3. The molecular formula is C27H38N6. The Balaban J connectivity index is 1.29. The summed E-state index contributed by atoms with van der Waals surface area (Å²) in [7, 11) is 0. The lowest BCUT2D eigenvalue weighted by molar-refractivity contribution is 0.182. The number of rotatable bonds is 4. The Hall–Kier alpha value is -2.21. The number of fused-ring (bicyclic) bond motifs is 1.